The zero-order valence-corrected chi connectivity index (χ0v) is 12.4. The molecule has 0 heterocycles. The van der Waals surface area contributed by atoms with Crippen LogP contribution in [0.1, 0.15) is 50.8 Å². The van der Waals surface area contributed by atoms with Crippen LogP contribution in [0.25, 0.3) is 0 Å². The molecular weight excluding hydrogens is 248 g/mol. The summed E-state index contributed by atoms with van der Waals surface area (Å²) in [6, 6.07) is 5.69. The van der Waals surface area contributed by atoms with Crippen LogP contribution >= 0.6 is 11.6 Å². The summed E-state index contributed by atoms with van der Waals surface area (Å²) in [5.74, 6) is 0. The molecular formula is C15H23ClO2. The van der Waals surface area contributed by atoms with Gasteiger partial charge in [0, 0.05) is 11.6 Å². The van der Waals surface area contributed by atoms with E-state index in [2.05, 4.69) is 0 Å². The summed E-state index contributed by atoms with van der Waals surface area (Å²) in [7, 11) is 0. The molecule has 3 heteroatoms. The number of ether oxygens (including phenoxy) is 1. The molecule has 0 spiro atoms. The van der Waals surface area contributed by atoms with Gasteiger partial charge in [0.25, 0.3) is 0 Å². The monoisotopic (exact) mass is 270 g/mol. The third-order valence-electron chi connectivity index (χ3n) is 3.64. The lowest BCUT2D eigenvalue weighted by molar-refractivity contribution is -0.127. The second kappa shape index (κ2) is 6.55. The topological polar surface area (TPSA) is 29.5 Å². The molecule has 1 aromatic carbocycles. The molecule has 0 aliphatic rings. The van der Waals surface area contributed by atoms with Crippen LogP contribution in [0.5, 0.6) is 0 Å². The summed E-state index contributed by atoms with van der Waals surface area (Å²) in [6.45, 7) is 8.58. The highest BCUT2D eigenvalue weighted by Crippen LogP contribution is 2.36. The number of benzene rings is 1. The van der Waals surface area contributed by atoms with Gasteiger partial charge >= 0.3 is 0 Å². The molecule has 1 N–H and O–H groups in total. The Bertz CT molecular complexity index is 386. The van der Waals surface area contributed by atoms with E-state index in [0.717, 1.165) is 24.0 Å². The molecule has 1 aromatic rings. The van der Waals surface area contributed by atoms with E-state index in [1.807, 2.05) is 45.9 Å². The minimum absolute atomic E-state index is 0.520. The lowest BCUT2D eigenvalue weighted by Gasteiger charge is -2.36. The van der Waals surface area contributed by atoms with Gasteiger partial charge in [-0.25, -0.2) is 0 Å². The maximum Gasteiger partial charge on any atom is 0.108 e. The fourth-order valence-corrected chi connectivity index (χ4v) is 2.48. The fourth-order valence-electron chi connectivity index (χ4n) is 2.29. The molecule has 0 saturated carbocycles. The van der Waals surface area contributed by atoms with Crippen molar-refractivity contribution in [3.8, 4) is 0 Å². The van der Waals surface area contributed by atoms with Crippen LogP contribution in [0, 0.1) is 6.92 Å². The largest absolute Gasteiger partial charge is 0.385 e. The molecule has 0 aliphatic carbocycles. The summed E-state index contributed by atoms with van der Waals surface area (Å²) >= 11 is 6.12. The fraction of sp³-hybridized carbons (Fsp3) is 0.600. The molecule has 0 bridgehead atoms. The lowest BCUT2D eigenvalue weighted by Crippen LogP contribution is -2.38. The maximum absolute atomic E-state index is 10.6. The normalized spacial score (nSPS) is 13.7. The first-order chi connectivity index (χ1) is 8.50. The van der Waals surface area contributed by atoms with E-state index in [1.165, 1.54) is 0 Å². The molecule has 18 heavy (non-hydrogen) atoms. The first-order valence-electron chi connectivity index (χ1n) is 6.58. The van der Waals surface area contributed by atoms with E-state index < -0.39 is 11.7 Å². The van der Waals surface area contributed by atoms with Gasteiger partial charge in [-0.3, -0.25) is 0 Å². The molecule has 1 unspecified atom stereocenters. The molecule has 0 aromatic heterocycles. The quantitative estimate of drug-likeness (QED) is 0.836. The first kappa shape index (κ1) is 15.5. The number of halogens is 1. The number of rotatable bonds is 6. The smallest absolute Gasteiger partial charge is 0.108 e. The van der Waals surface area contributed by atoms with Crippen LogP contribution in [0.15, 0.2) is 18.2 Å². The van der Waals surface area contributed by atoms with Gasteiger partial charge in [-0.2, -0.15) is 0 Å². The van der Waals surface area contributed by atoms with Gasteiger partial charge in [0.15, 0.2) is 0 Å². The van der Waals surface area contributed by atoms with E-state index in [-0.39, 0.29) is 0 Å². The highest BCUT2D eigenvalue weighted by Gasteiger charge is 2.36. The van der Waals surface area contributed by atoms with Crippen molar-refractivity contribution in [1.29, 1.82) is 0 Å². The van der Waals surface area contributed by atoms with Crippen LogP contribution in [0.4, 0.5) is 0 Å². The van der Waals surface area contributed by atoms with Crippen molar-refractivity contribution in [3.63, 3.8) is 0 Å². The van der Waals surface area contributed by atoms with Crippen molar-refractivity contribution in [2.45, 2.75) is 52.2 Å². The average Bonchev–Trinajstić information content (AvgIpc) is 2.38. The Balaban J connectivity index is 3.08. The number of aryl methyl sites for hydroxylation is 1. The second-order valence-corrected chi connectivity index (χ2v) is 5.02. The van der Waals surface area contributed by atoms with E-state index in [4.69, 9.17) is 16.3 Å². The number of hydrogen-bond donors (Lipinski definition) is 1. The van der Waals surface area contributed by atoms with Gasteiger partial charge in [0.2, 0.25) is 0 Å². The highest BCUT2D eigenvalue weighted by molar-refractivity contribution is 6.31. The lowest BCUT2D eigenvalue weighted by atomic mass is 9.86. The van der Waals surface area contributed by atoms with E-state index in [0.29, 0.717) is 11.6 Å². The molecule has 2 nitrogen and oxygen atoms in total. The number of aliphatic hydroxyl groups excluding tert-OH is 1. The summed E-state index contributed by atoms with van der Waals surface area (Å²) in [6.07, 6.45) is 0.888. The van der Waals surface area contributed by atoms with E-state index in [1.54, 1.807) is 0 Å². The predicted molar refractivity (Wildman–Crippen MR) is 76.1 cm³/mol. The first-order valence-corrected chi connectivity index (χ1v) is 6.96. The zero-order valence-electron chi connectivity index (χ0n) is 11.7. The van der Waals surface area contributed by atoms with Crippen LogP contribution in [0.2, 0.25) is 5.02 Å². The van der Waals surface area contributed by atoms with Crippen LogP contribution < -0.4 is 0 Å². The molecule has 0 amide bonds. The number of aliphatic hydroxyl groups is 1. The molecule has 1 atom stereocenters. The summed E-state index contributed by atoms with van der Waals surface area (Å²) < 4.78 is 5.82. The Labute approximate surface area is 115 Å². The molecule has 0 saturated heterocycles. The number of hydrogen-bond acceptors (Lipinski definition) is 2. The Morgan fingerprint density at radius 1 is 1.28 bits per heavy atom. The molecule has 102 valence electrons. The van der Waals surface area contributed by atoms with Gasteiger partial charge in [-0.15, -0.1) is 0 Å². The van der Waals surface area contributed by atoms with Crippen molar-refractivity contribution >= 4 is 11.6 Å². The van der Waals surface area contributed by atoms with Crippen LogP contribution in [0.3, 0.4) is 0 Å². The van der Waals surface area contributed by atoms with Crippen molar-refractivity contribution in [2.24, 2.45) is 0 Å². The van der Waals surface area contributed by atoms with Gasteiger partial charge < -0.3 is 9.84 Å². The van der Waals surface area contributed by atoms with Crippen molar-refractivity contribution < 1.29 is 9.84 Å². The Hall–Kier alpha value is -0.570. The average molecular weight is 271 g/mol. The Kier molecular flexibility index (Phi) is 5.64. The van der Waals surface area contributed by atoms with Crippen molar-refractivity contribution in [3.05, 3.63) is 34.3 Å². The van der Waals surface area contributed by atoms with Crippen LogP contribution in [-0.4, -0.2) is 17.3 Å². The van der Waals surface area contributed by atoms with E-state index >= 15 is 0 Å². The maximum atomic E-state index is 10.6. The molecule has 0 fully saturated rings. The SMILES string of the molecule is CCOC(CC)(CC)C(O)c1ccc(C)c(Cl)c1. The Morgan fingerprint density at radius 2 is 1.89 bits per heavy atom. The third kappa shape index (κ3) is 3.05. The van der Waals surface area contributed by atoms with Crippen LogP contribution in [-0.2, 0) is 4.74 Å². The van der Waals surface area contributed by atoms with Gasteiger partial charge in [-0.05, 0) is 43.9 Å². The molecule has 0 aliphatic heterocycles. The minimum Gasteiger partial charge on any atom is -0.385 e. The standard InChI is InChI=1S/C15H23ClO2/c1-5-15(6-2,18-7-3)14(17)12-9-8-11(4)13(16)10-12/h8-10,14,17H,5-7H2,1-4H3. The van der Waals surface area contributed by atoms with Crippen molar-refractivity contribution in [2.75, 3.05) is 6.61 Å². The summed E-state index contributed by atoms with van der Waals surface area (Å²) in [5, 5.41) is 11.3. The van der Waals surface area contributed by atoms with Gasteiger partial charge in [-0.1, -0.05) is 37.6 Å². The van der Waals surface area contributed by atoms with Gasteiger partial charge in [0.05, 0.1) is 5.60 Å². The zero-order chi connectivity index (χ0) is 13.8. The third-order valence-corrected chi connectivity index (χ3v) is 4.05. The predicted octanol–water partition coefficient (Wildman–Crippen LogP) is 4.28. The van der Waals surface area contributed by atoms with Crippen molar-refractivity contribution in [1.82, 2.24) is 0 Å². The van der Waals surface area contributed by atoms with Gasteiger partial charge in [0.1, 0.15) is 6.10 Å². The Morgan fingerprint density at radius 3 is 2.33 bits per heavy atom. The summed E-state index contributed by atoms with van der Waals surface area (Å²) in [4.78, 5) is 0. The highest BCUT2D eigenvalue weighted by atomic mass is 35.5. The molecule has 0 radical (unpaired) electrons. The molecule has 1 rings (SSSR count). The van der Waals surface area contributed by atoms with E-state index in [9.17, 15) is 5.11 Å². The second-order valence-electron chi connectivity index (χ2n) is 4.62. The summed E-state index contributed by atoms with van der Waals surface area (Å²) in [5.41, 5.74) is 1.32. The minimum atomic E-state index is -0.648.